The second-order valence-corrected chi connectivity index (χ2v) is 3.91. The van der Waals surface area contributed by atoms with E-state index in [4.69, 9.17) is 18.9 Å². The van der Waals surface area contributed by atoms with Gasteiger partial charge < -0.3 is 18.9 Å². The van der Waals surface area contributed by atoms with E-state index in [1.807, 2.05) is 0 Å². The molecule has 74 valence electrons. The summed E-state index contributed by atoms with van der Waals surface area (Å²) in [6.45, 7) is 3.38. The zero-order valence-corrected chi connectivity index (χ0v) is 7.91. The van der Waals surface area contributed by atoms with Crippen LogP contribution in [-0.4, -0.2) is 43.9 Å². The highest BCUT2D eigenvalue weighted by atomic mass is 16.8. The van der Waals surface area contributed by atoms with E-state index in [1.54, 1.807) is 7.11 Å². The van der Waals surface area contributed by atoms with Crippen LogP contribution >= 0.6 is 0 Å². The molecule has 0 aromatic carbocycles. The smallest absolute Gasteiger partial charge is 0.225 e. The summed E-state index contributed by atoms with van der Waals surface area (Å²) < 4.78 is 22.4. The van der Waals surface area contributed by atoms with Crippen molar-refractivity contribution < 1.29 is 18.9 Å². The van der Waals surface area contributed by atoms with Gasteiger partial charge in [0.15, 0.2) is 5.60 Å². The largest absolute Gasteiger partial charge is 0.375 e. The summed E-state index contributed by atoms with van der Waals surface area (Å²) in [5.74, 6) is -0.467. The van der Waals surface area contributed by atoms with Gasteiger partial charge in [0.25, 0.3) is 0 Å². The summed E-state index contributed by atoms with van der Waals surface area (Å²) in [4.78, 5) is 0. The van der Waals surface area contributed by atoms with Gasteiger partial charge in [-0.1, -0.05) is 6.92 Å². The molecule has 1 unspecified atom stereocenters. The van der Waals surface area contributed by atoms with Gasteiger partial charge in [0.05, 0.1) is 6.61 Å². The van der Waals surface area contributed by atoms with Crippen LogP contribution in [0.5, 0.6) is 0 Å². The standard InChI is InChI=1S/C9H14O4/c1-3-8-7(10-2)6(4-11-8)13-9(8)5-12-9/h6-7H,3-5H2,1-2H3/t6-,7-,8+,9?/m0/s1. The van der Waals surface area contributed by atoms with E-state index in [2.05, 4.69) is 6.92 Å². The molecule has 3 heterocycles. The molecule has 4 nitrogen and oxygen atoms in total. The SMILES string of the molecule is CC[C@]12OC[C@H](OC13CO3)[C@@H]2OC. The van der Waals surface area contributed by atoms with E-state index in [1.165, 1.54) is 0 Å². The lowest BCUT2D eigenvalue weighted by molar-refractivity contribution is -0.207. The van der Waals surface area contributed by atoms with Crippen LogP contribution in [0.1, 0.15) is 13.3 Å². The monoisotopic (exact) mass is 186 g/mol. The lowest BCUT2D eigenvalue weighted by Gasteiger charge is -2.32. The van der Waals surface area contributed by atoms with Crippen molar-refractivity contribution in [1.82, 2.24) is 0 Å². The van der Waals surface area contributed by atoms with Crippen LogP contribution in [0, 0.1) is 0 Å². The second-order valence-electron chi connectivity index (χ2n) is 3.91. The van der Waals surface area contributed by atoms with Crippen molar-refractivity contribution in [3.63, 3.8) is 0 Å². The van der Waals surface area contributed by atoms with Crippen LogP contribution in [0.4, 0.5) is 0 Å². The molecule has 3 aliphatic rings. The van der Waals surface area contributed by atoms with Crippen LogP contribution in [0.25, 0.3) is 0 Å². The maximum absolute atomic E-state index is 5.79. The molecule has 0 saturated carbocycles. The molecule has 3 aliphatic heterocycles. The molecular weight excluding hydrogens is 172 g/mol. The Hall–Kier alpha value is -0.160. The molecule has 0 aromatic heterocycles. The molecule has 0 amide bonds. The van der Waals surface area contributed by atoms with Gasteiger partial charge in [-0.25, -0.2) is 0 Å². The second kappa shape index (κ2) is 2.25. The molecule has 4 atom stereocenters. The van der Waals surface area contributed by atoms with Crippen LogP contribution in [-0.2, 0) is 18.9 Å². The average Bonchev–Trinajstić information content (AvgIpc) is 2.77. The molecular formula is C9H14O4. The van der Waals surface area contributed by atoms with E-state index in [-0.39, 0.29) is 17.8 Å². The van der Waals surface area contributed by atoms with Crippen LogP contribution < -0.4 is 0 Å². The van der Waals surface area contributed by atoms with Gasteiger partial charge in [-0.2, -0.15) is 0 Å². The Morgan fingerprint density at radius 2 is 2.23 bits per heavy atom. The Morgan fingerprint density at radius 1 is 1.46 bits per heavy atom. The number of methoxy groups -OCH3 is 1. The number of ether oxygens (including phenoxy) is 4. The molecule has 3 saturated heterocycles. The fourth-order valence-electron chi connectivity index (χ4n) is 2.76. The van der Waals surface area contributed by atoms with Gasteiger partial charge in [-0.15, -0.1) is 0 Å². The minimum absolute atomic E-state index is 0.0417. The van der Waals surface area contributed by atoms with Crippen molar-refractivity contribution >= 4 is 0 Å². The topological polar surface area (TPSA) is 40.2 Å². The van der Waals surface area contributed by atoms with Gasteiger partial charge in [-0.05, 0) is 6.42 Å². The zero-order valence-electron chi connectivity index (χ0n) is 7.91. The first-order valence-corrected chi connectivity index (χ1v) is 4.76. The summed E-state index contributed by atoms with van der Waals surface area (Å²) in [6, 6.07) is 0. The van der Waals surface area contributed by atoms with Gasteiger partial charge in [0.2, 0.25) is 5.79 Å². The van der Waals surface area contributed by atoms with Crippen LogP contribution in [0.2, 0.25) is 0 Å². The van der Waals surface area contributed by atoms with Crippen LogP contribution in [0.3, 0.4) is 0 Å². The Balaban J connectivity index is 2.00. The van der Waals surface area contributed by atoms with Gasteiger partial charge in [0.1, 0.15) is 18.8 Å². The molecule has 4 heteroatoms. The highest BCUT2D eigenvalue weighted by molar-refractivity contribution is 5.18. The summed E-state index contributed by atoms with van der Waals surface area (Å²) >= 11 is 0. The molecule has 0 aromatic rings. The minimum atomic E-state index is -0.467. The Morgan fingerprint density at radius 3 is 2.77 bits per heavy atom. The van der Waals surface area contributed by atoms with Gasteiger partial charge >= 0.3 is 0 Å². The maximum Gasteiger partial charge on any atom is 0.225 e. The first-order chi connectivity index (χ1) is 6.28. The lowest BCUT2D eigenvalue weighted by atomic mass is 9.90. The number of epoxide rings is 1. The van der Waals surface area contributed by atoms with E-state index in [0.717, 1.165) is 6.42 Å². The van der Waals surface area contributed by atoms with Crippen molar-refractivity contribution in [3.05, 3.63) is 0 Å². The summed E-state index contributed by atoms with van der Waals surface area (Å²) in [5.41, 5.74) is -0.341. The molecule has 0 radical (unpaired) electrons. The average molecular weight is 186 g/mol. The molecule has 0 aliphatic carbocycles. The van der Waals surface area contributed by atoms with Crippen molar-refractivity contribution in [3.8, 4) is 0 Å². The van der Waals surface area contributed by atoms with E-state index < -0.39 is 5.79 Å². The Labute approximate surface area is 77.1 Å². The van der Waals surface area contributed by atoms with Gasteiger partial charge in [-0.3, -0.25) is 0 Å². The van der Waals surface area contributed by atoms with Crippen molar-refractivity contribution in [1.29, 1.82) is 0 Å². The fourth-order valence-corrected chi connectivity index (χ4v) is 2.76. The first-order valence-electron chi connectivity index (χ1n) is 4.76. The molecule has 13 heavy (non-hydrogen) atoms. The Bertz CT molecular complexity index is 238. The van der Waals surface area contributed by atoms with E-state index in [0.29, 0.717) is 13.2 Å². The zero-order chi connectivity index (χ0) is 9.10. The summed E-state index contributed by atoms with van der Waals surface area (Å²) in [7, 11) is 1.71. The van der Waals surface area contributed by atoms with Gasteiger partial charge in [0, 0.05) is 7.11 Å². The third kappa shape index (κ3) is 0.722. The van der Waals surface area contributed by atoms with Crippen LogP contribution in [0.15, 0.2) is 0 Å². The third-order valence-corrected chi connectivity index (χ3v) is 3.47. The van der Waals surface area contributed by atoms with Crippen molar-refractivity contribution in [2.24, 2.45) is 0 Å². The minimum Gasteiger partial charge on any atom is -0.375 e. The predicted molar refractivity (Wildman–Crippen MR) is 43.3 cm³/mol. The quantitative estimate of drug-likeness (QED) is 0.582. The number of hydrogen-bond donors (Lipinski definition) is 0. The Kier molecular flexibility index (Phi) is 1.42. The molecule has 3 rings (SSSR count). The molecule has 2 bridgehead atoms. The van der Waals surface area contributed by atoms with E-state index in [9.17, 15) is 0 Å². The third-order valence-electron chi connectivity index (χ3n) is 3.47. The molecule has 1 spiro atoms. The maximum atomic E-state index is 5.79. The summed E-state index contributed by atoms with van der Waals surface area (Å²) in [5, 5.41) is 0. The number of rotatable bonds is 2. The number of hydrogen-bond acceptors (Lipinski definition) is 4. The summed E-state index contributed by atoms with van der Waals surface area (Å²) in [6.07, 6.45) is 0.981. The van der Waals surface area contributed by atoms with Crippen molar-refractivity contribution in [2.45, 2.75) is 36.9 Å². The number of fused-ring (bicyclic) bond motifs is 3. The molecule has 0 N–H and O–H groups in total. The van der Waals surface area contributed by atoms with E-state index >= 15 is 0 Å². The molecule has 3 fully saturated rings. The normalized spacial score (nSPS) is 57.7. The predicted octanol–water partition coefficient (Wildman–Crippen LogP) is 0.306. The lowest BCUT2D eigenvalue weighted by Crippen LogP contribution is -2.49. The first kappa shape index (κ1) is 8.17. The fraction of sp³-hybridized carbons (Fsp3) is 1.00. The highest BCUT2D eigenvalue weighted by Gasteiger charge is 2.77. The van der Waals surface area contributed by atoms with Crippen molar-refractivity contribution in [2.75, 3.05) is 20.3 Å². The highest BCUT2D eigenvalue weighted by Crippen LogP contribution is 2.57.